The lowest BCUT2D eigenvalue weighted by Crippen LogP contribution is -2.05. The second-order valence-electron chi connectivity index (χ2n) is 4.96. The lowest BCUT2D eigenvalue weighted by atomic mass is 10.2. The van der Waals surface area contributed by atoms with E-state index >= 15 is 0 Å². The van der Waals surface area contributed by atoms with E-state index < -0.39 is 5.82 Å². The first kappa shape index (κ1) is 16.1. The van der Waals surface area contributed by atoms with Crippen LogP contribution in [-0.4, -0.2) is 21.5 Å². The van der Waals surface area contributed by atoms with Crippen molar-refractivity contribution >= 4 is 29.1 Å². The summed E-state index contributed by atoms with van der Waals surface area (Å²) < 4.78 is 13.3. The number of rotatable bonds is 5. The van der Waals surface area contributed by atoms with Crippen molar-refractivity contribution in [2.75, 3.05) is 17.2 Å². The second kappa shape index (κ2) is 7.23. The van der Waals surface area contributed by atoms with Crippen LogP contribution in [0.2, 0.25) is 5.02 Å². The average Bonchev–Trinajstić information content (AvgIpc) is 2.59. The van der Waals surface area contributed by atoms with E-state index in [2.05, 4.69) is 25.6 Å². The highest BCUT2D eigenvalue weighted by Gasteiger charge is 2.08. The van der Waals surface area contributed by atoms with Crippen LogP contribution in [-0.2, 0) is 0 Å². The Morgan fingerprint density at radius 1 is 1.08 bits per heavy atom. The number of pyridine rings is 1. The maximum absolute atomic E-state index is 13.3. The van der Waals surface area contributed by atoms with Crippen molar-refractivity contribution in [1.29, 1.82) is 0 Å². The number of nitrogens with zero attached hydrogens (tertiary/aromatic N) is 3. The van der Waals surface area contributed by atoms with Gasteiger partial charge in [-0.3, -0.25) is 4.98 Å². The summed E-state index contributed by atoms with van der Waals surface area (Å²) in [4.78, 5) is 13.2. The van der Waals surface area contributed by atoms with Gasteiger partial charge in [0, 0.05) is 24.5 Å². The normalized spacial score (nSPS) is 10.5. The van der Waals surface area contributed by atoms with Gasteiger partial charge in [0.15, 0.2) is 0 Å². The number of aromatic nitrogens is 3. The molecule has 5 nitrogen and oxygen atoms in total. The molecule has 0 saturated heterocycles. The predicted octanol–water partition coefficient (Wildman–Crippen LogP) is 4.51. The molecule has 0 aliphatic carbocycles. The molecular weight excluding hydrogens is 329 g/mol. The van der Waals surface area contributed by atoms with Crippen LogP contribution in [0, 0.1) is 5.82 Å². The molecule has 24 heavy (non-hydrogen) atoms. The van der Waals surface area contributed by atoms with Gasteiger partial charge in [-0.15, -0.1) is 0 Å². The van der Waals surface area contributed by atoms with E-state index in [1.807, 2.05) is 25.1 Å². The third-order valence-corrected chi connectivity index (χ3v) is 3.47. The van der Waals surface area contributed by atoms with Gasteiger partial charge in [-0.05, 0) is 37.3 Å². The maximum Gasteiger partial charge on any atom is 0.225 e. The van der Waals surface area contributed by atoms with Crippen molar-refractivity contribution in [3.63, 3.8) is 0 Å². The summed E-state index contributed by atoms with van der Waals surface area (Å²) in [5, 5.41) is 6.25. The third-order valence-electron chi connectivity index (χ3n) is 3.18. The molecule has 0 fully saturated rings. The van der Waals surface area contributed by atoms with Gasteiger partial charge in [-0.2, -0.15) is 4.98 Å². The molecule has 1 aromatic carbocycles. The standard InChI is InChI=1S/C17H15ClFN5/c1-2-20-17-23-15(14-5-3-4-8-21-14)10-16(24-17)22-11-6-7-13(19)12(18)9-11/h3-10H,2H2,1H3,(H2,20,22,23,24). The fourth-order valence-corrected chi connectivity index (χ4v) is 2.30. The van der Waals surface area contributed by atoms with E-state index in [-0.39, 0.29) is 5.02 Å². The molecule has 0 atom stereocenters. The van der Waals surface area contributed by atoms with Gasteiger partial charge in [-0.1, -0.05) is 17.7 Å². The van der Waals surface area contributed by atoms with Crippen molar-refractivity contribution < 1.29 is 4.39 Å². The Kier molecular flexibility index (Phi) is 4.86. The third kappa shape index (κ3) is 3.78. The first-order chi connectivity index (χ1) is 11.7. The van der Waals surface area contributed by atoms with Crippen molar-refractivity contribution in [3.8, 4) is 11.4 Å². The highest BCUT2D eigenvalue weighted by molar-refractivity contribution is 6.31. The first-order valence-electron chi connectivity index (χ1n) is 7.42. The van der Waals surface area contributed by atoms with Crippen molar-refractivity contribution in [2.45, 2.75) is 6.92 Å². The number of benzene rings is 1. The predicted molar refractivity (Wildman–Crippen MR) is 94.1 cm³/mol. The molecule has 0 amide bonds. The zero-order valence-electron chi connectivity index (χ0n) is 12.9. The first-order valence-corrected chi connectivity index (χ1v) is 7.80. The fraction of sp³-hybridized carbons (Fsp3) is 0.118. The topological polar surface area (TPSA) is 62.7 Å². The Morgan fingerprint density at radius 3 is 2.67 bits per heavy atom. The van der Waals surface area contributed by atoms with Crippen molar-refractivity contribution in [3.05, 3.63) is 59.5 Å². The smallest absolute Gasteiger partial charge is 0.225 e. The van der Waals surface area contributed by atoms with Crippen LogP contribution in [0.4, 0.5) is 21.8 Å². The van der Waals surface area contributed by atoms with Gasteiger partial charge in [0.05, 0.1) is 16.4 Å². The number of halogens is 2. The summed E-state index contributed by atoms with van der Waals surface area (Å²) in [6.07, 6.45) is 1.71. The Morgan fingerprint density at radius 2 is 1.96 bits per heavy atom. The minimum atomic E-state index is -0.465. The molecule has 2 aromatic heterocycles. The molecule has 0 radical (unpaired) electrons. The lowest BCUT2D eigenvalue weighted by molar-refractivity contribution is 0.628. The van der Waals surface area contributed by atoms with Gasteiger partial charge in [0.1, 0.15) is 11.6 Å². The zero-order chi connectivity index (χ0) is 16.9. The zero-order valence-corrected chi connectivity index (χ0v) is 13.7. The van der Waals surface area contributed by atoms with Gasteiger partial charge in [0.25, 0.3) is 0 Å². The molecule has 0 saturated carbocycles. The number of nitrogens with one attached hydrogen (secondary N) is 2. The van der Waals surface area contributed by atoms with Crippen molar-refractivity contribution in [1.82, 2.24) is 15.0 Å². The average molecular weight is 344 g/mol. The van der Waals surface area contributed by atoms with Gasteiger partial charge in [-0.25, -0.2) is 9.37 Å². The van der Waals surface area contributed by atoms with E-state index in [4.69, 9.17) is 11.6 Å². The molecule has 0 aliphatic rings. The Bertz CT molecular complexity index is 842. The number of hydrogen-bond donors (Lipinski definition) is 2. The summed E-state index contributed by atoms with van der Waals surface area (Å²) in [5.41, 5.74) is 2.05. The molecule has 122 valence electrons. The monoisotopic (exact) mass is 343 g/mol. The summed E-state index contributed by atoms with van der Waals surface area (Å²) in [5.74, 6) is 0.577. The second-order valence-corrected chi connectivity index (χ2v) is 5.37. The summed E-state index contributed by atoms with van der Waals surface area (Å²) in [6.45, 7) is 2.65. The molecule has 0 bridgehead atoms. The summed E-state index contributed by atoms with van der Waals surface area (Å²) in [6, 6.07) is 11.8. The summed E-state index contributed by atoms with van der Waals surface area (Å²) in [7, 11) is 0. The van der Waals surface area contributed by atoms with E-state index in [0.717, 1.165) is 5.69 Å². The van der Waals surface area contributed by atoms with Crippen LogP contribution < -0.4 is 10.6 Å². The molecule has 7 heteroatoms. The minimum Gasteiger partial charge on any atom is -0.354 e. The Hall–Kier alpha value is -2.73. The fourth-order valence-electron chi connectivity index (χ4n) is 2.12. The maximum atomic E-state index is 13.3. The quantitative estimate of drug-likeness (QED) is 0.713. The molecule has 3 rings (SSSR count). The van der Waals surface area contributed by atoms with E-state index in [1.54, 1.807) is 18.3 Å². The summed E-state index contributed by atoms with van der Waals surface area (Å²) >= 11 is 5.82. The molecule has 0 spiro atoms. The Balaban J connectivity index is 1.97. The molecule has 0 aliphatic heterocycles. The van der Waals surface area contributed by atoms with E-state index in [0.29, 0.717) is 29.7 Å². The van der Waals surface area contributed by atoms with Crippen LogP contribution in [0.25, 0.3) is 11.4 Å². The number of hydrogen-bond acceptors (Lipinski definition) is 5. The van der Waals surface area contributed by atoms with Crippen LogP contribution in [0.15, 0.2) is 48.7 Å². The van der Waals surface area contributed by atoms with Gasteiger partial charge >= 0.3 is 0 Å². The largest absolute Gasteiger partial charge is 0.354 e. The van der Waals surface area contributed by atoms with Crippen LogP contribution in [0.3, 0.4) is 0 Å². The lowest BCUT2D eigenvalue weighted by Gasteiger charge is -2.11. The van der Waals surface area contributed by atoms with E-state index in [9.17, 15) is 4.39 Å². The highest BCUT2D eigenvalue weighted by Crippen LogP contribution is 2.25. The van der Waals surface area contributed by atoms with Crippen LogP contribution >= 0.6 is 11.6 Å². The minimum absolute atomic E-state index is 0.0471. The Labute approximate surface area is 144 Å². The molecule has 2 N–H and O–H groups in total. The highest BCUT2D eigenvalue weighted by atomic mass is 35.5. The molecule has 2 heterocycles. The molecular formula is C17H15ClFN5. The van der Waals surface area contributed by atoms with Crippen LogP contribution in [0.1, 0.15) is 6.92 Å². The SMILES string of the molecule is CCNc1nc(Nc2ccc(F)c(Cl)c2)cc(-c2ccccn2)n1. The van der Waals surface area contributed by atoms with E-state index in [1.165, 1.54) is 12.1 Å². The van der Waals surface area contributed by atoms with Crippen molar-refractivity contribution in [2.24, 2.45) is 0 Å². The molecule has 0 unspecified atom stereocenters. The van der Waals surface area contributed by atoms with Gasteiger partial charge < -0.3 is 10.6 Å². The number of anilines is 3. The van der Waals surface area contributed by atoms with Gasteiger partial charge in [0.2, 0.25) is 5.95 Å². The van der Waals surface area contributed by atoms with Crippen LogP contribution in [0.5, 0.6) is 0 Å². The molecule has 3 aromatic rings.